The zero-order valence-corrected chi connectivity index (χ0v) is 22.3. The van der Waals surface area contributed by atoms with Crippen LogP contribution in [0.1, 0.15) is 42.4 Å². The van der Waals surface area contributed by atoms with Crippen molar-refractivity contribution < 1.29 is 9.53 Å². The maximum Gasteiger partial charge on any atom is 0.322 e. The van der Waals surface area contributed by atoms with Gasteiger partial charge in [0.05, 0.1) is 18.8 Å². The van der Waals surface area contributed by atoms with Crippen molar-refractivity contribution in [3.05, 3.63) is 89.6 Å². The fourth-order valence-corrected chi connectivity index (χ4v) is 5.36. The van der Waals surface area contributed by atoms with E-state index >= 15 is 0 Å². The summed E-state index contributed by atoms with van der Waals surface area (Å²) in [5.41, 5.74) is 3.80. The van der Waals surface area contributed by atoms with Gasteiger partial charge in [-0.05, 0) is 61.1 Å². The molecule has 39 heavy (non-hydrogen) atoms. The number of hydrogen-bond donors (Lipinski definition) is 2. The van der Waals surface area contributed by atoms with Crippen LogP contribution in [0.3, 0.4) is 0 Å². The van der Waals surface area contributed by atoms with Crippen molar-refractivity contribution in [2.45, 2.75) is 50.9 Å². The Morgan fingerprint density at radius 2 is 1.72 bits per heavy atom. The molecule has 0 bridgehead atoms. The zero-order chi connectivity index (χ0) is 26.9. The van der Waals surface area contributed by atoms with E-state index in [2.05, 4.69) is 50.9 Å². The molecule has 2 N–H and O–H groups in total. The fraction of sp³-hybridized carbons (Fsp3) is 0.387. The van der Waals surface area contributed by atoms with Crippen LogP contribution in [0.25, 0.3) is 0 Å². The molecule has 202 valence electrons. The van der Waals surface area contributed by atoms with Crippen molar-refractivity contribution in [3.8, 4) is 6.07 Å². The lowest BCUT2D eigenvalue weighted by atomic mass is 9.89. The molecule has 1 saturated heterocycles. The monoisotopic (exact) mass is 524 g/mol. The number of urea groups is 1. The van der Waals surface area contributed by atoms with E-state index in [1.165, 1.54) is 5.56 Å². The molecule has 2 heterocycles. The number of carbonyl (C=O) groups excluding carboxylic acids is 1. The SMILES string of the molecule is N#Cc1ccc(NC2CCC(N(C(=O)NCc3ccccc3)c3ccc(CN4CCOCC4)cc3)CC2)nc1. The molecule has 2 amide bonds. The van der Waals surface area contributed by atoms with Crippen molar-refractivity contribution in [3.63, 3.8) is 0 Å². The number of benzene rings is 2. The molecule has 0 unspecified atom stereocenters. The van der Waals surface area contributed by atoms with E-state index in [1.54, 1.807) is 12.3 Å². The van der Waals surface area contributed by atoms with Crippen LogP contribution in [0.5, 0.6) is 0 Å². The molecule has 1 aromatic heterocycles. The molecule has 2 aromatic carbocycles. The van der Waals surface area contributed by atoms with E-state index in [-0.39, 0.29) is 18.1 Å². The van der Waals surface area contributed by atoms with Crippen LogP contribution in [0.4, 0.5) is 16.3 Å². The number of carbonyl (C=O) groups is 1. The summed E-state index contributed by atoms with van der Waals surface area (Å²) in [4.78, 5) is 22.3. The van der Waals surface area contributed by atoms with Crippen molar-refractivity contribution in [1.29, 1.82) is 5.26 Å². The summed E-state index contributed by atoms with van der Waals surface area (Å²) in [6.45, 7) is 4.85. The van der Waals surface area contributed by atoms with Gasteiger partial charge in [0.25, 0.3) is 0 Å². The van der Waals surface area contributed by atoms with Crippen molar-refractivity contribution >= 4 is 17.5 Å². The second-order valence-electron chi connectivity index (χ2n) is 10.3. The lowest BCUT2D eigenvalue weighted by Gasteiger charge is -2.37. The van der Waals surface area contributed by atoms with Gasteiger partial charge in [-0.3, -0.25) is 9.80 Å². The minimum atomic E-state index is -0.0649. The molecule has 3 aromatic rings. The lowest BCUT2D eigenvalue weighted by molar-refractivity contribution is 0.0342. The first-order chi connectivity index (χ1) is 19.2. The van der Waals surface area contributed by atoms with Gasteiger partial charge in [0.2, 0.25) is 0 Å². The minimum Gasteiger partial charge on any atom is -0.379 e. The minimum absolute atomic E-state index is 0.0649. The highest BCUT2D eigenvalue weighted by Gasteiger charge is 2.30. The van der Waals surface area contributed by atoms with Crippen LogP contribution >= 0.6 is 0 Å². The third-order valence-electron chi connectivity index (χ3n) is 7.54. The first-order valence-electron chi connectivity index (χ1n) is 13.8. The normalized spacial score (nSPS) is 19.6. The van der Waals surface area contributed by atoms with Crippen LogP contribution < -0.4 is 15.5 Å². The summed E-state index contributed by atoms with van der Waals surface area (Å²) in [6, 6.07) is 24.5. The van der Waals surface area contributed by atoms with E-state index < -0.39 is 0 Å². The Labute approximate surface area is 230 Å². The van der Waals surface area contributed by atoms with Crippen molar-refractivity contribution in [2.24, 2.45) is 0 Å². The molecular formula is C31H36N6O2. The zero-order valence-electron chi connectivity index (χ0n) is 22.3. The second-order valence-corrected chi connectivity index (χ2v) is 10.3. The standard InChI is InChI=1S/C31H36N6O2/c32-20-26-8-15-30(33-22-26)35-27-9-13-29(14-10-27)37(31(38)34-21-24-4-2-1-3-5-24)28-11-6-25(7-12-28)23-36-16-18-39-19-17-36/h1-8,11-12,15,22,27,29H,9-10,13-14,16-19,21,23H2,(H,33,35)(H,34,38). The van der Waals surface area contributed by atoms with Crippen LogP contribution in [0.2, 0.25) is 0 Å². The van der Waals surface area contributed by atoms with Gasteiger partial charge < -0.3 is 15.4 Å². The Kier molecular flexibility index (Phi) is 9.05. The van der Waals surface area contributed by atoms with Gasteiger partial charge in [0.1, 0.15) is 11.9 Å². The summed E-state index contributed by atoms with van der Waals surface area (Å²) < 4.78 is 5.47. The molecular weight excluding hydrogens is 488 g/mol. The number of pyridine rings is 1. The molecule has 0 spiro atoms. The van der Waals surface area contributed by atoms with Crippen molar-refractivity contribution in [2.75, 3.05) is 36.5 Å². The highest BCUT2D eigenvalue weighted by Crippen LogP contribution is 2.30. The van der Waals surface area contributed by atoms with Crippen LogP contribution in [-0.2, 0) is 17.8 Å². The predicted octanol–water partition coefficient (Wildman–Crippen LogP) is 4.92. The molecule has 1 aliphatic heterocycles. The number of ether oxygens (including phenoxy) is 1. The molecule has 0 atom stereocenters. The summed E-state index contributed by atoms with van der Waals surface area (Å²) in [5, 5.41) is 15.7. The number of nitrogens with one attached hydrogen (secondary N) is 2. The summed E-state index contributed by atoms with van der Waals surface area (Å²) in [5.74, 6) is 0.783. The van der Waals surface area contributed by atoms with Gasteiger partial charge in [-0.1, -0.05) is 42.5 Å². The van der Waals surface area contributed by atoms with Gasteiger partial charge in [-0.2, -0.15) is 5.26 Å². The number of amides is 2. The van der Waals surface area contributed by atoms with Gasteiger partial charge in [0, 0.05) is 50.1 Å². The van der Waals surface area contributed by atoms with Gasteiger partial charge >= 0.3 is 6.03 Å². The Hall–Kier alpha value is -3.93. The number of anilines is 2. The Balaban J connectivity index is 1.25. The first-order valence-corrected chi connectivity index (χ1v) is 13.8. The molecule has 1 saturated carbocycles. The third-order valence-corrected chi connectivity index (χ3v) is 7.54. The summed E-state index contributed by atoms with van der Waals surface area (Å²) in [7, 11) is 0. The average molecular weight is 525 g/mol. The van der Waals surface area contributed by atoms with Gasteiger partial charge in [0.15, 0.2) is 0 Å². The van der Waals surface area contributed by atoms with E-state index in [0.717, 1.165) is 75.6 Å². The highest BCUT2D eigenvalue weighted by atomic mass is 16.5. The number of nitriles is 1. The predicted molar refractivity (Wildman–Crippen MR) is 152 cm³/mol. The molecule has 2 aliphatic rings. The molecule has 8 nitrogen and oxygen atoms in total. The van der Waals surface area contributed by atoms with Gasteiger partial charge in [-0.15, -0.1) is 0 Å². The Bertz CT molecular complexity index is 1230. The van der Waals surface area contributed by atoms with E-state index in [1.807, 2.05) is 41.3 Å². The fourth-order valence-electron chi connectivity index (χ4n) is 5.36. The van der Waals surface area contributed by atoms with E-state index in [9.17, 15) is 4.79 Å². The van der Waals surface area contributed by atoms with Crippen LogP contribution in [0.15, 0.2) is 72.9 Å². The second kappa shape index (κ2) is 13.2. The molecule has 2 fully saturated rings. The smallest absolute Gasteiger partial charge is 0.322 e. The lowest BCUT2D eigenvalue weighted by Crippen LogP contribution is -2.48. The number of aromatic nitrogens is 1. The van der Waals surface area contributed by atoms with E-state index in [4.69, 9.17) is 10.00 Å². The average Bonchev–Trinajstić information content (AvgIpc) is 2.99. The quantitative estimate of drug-likeness (QED) is 0.434. The van der Waals surface area contributed by atoms with Gasteiger partial charge in [-0.25, -0.2) is 9.78 Å². The van der Waals surface area contributed by atoms with E-state index in [0.29, 0.717) is 12.1 Å². The highest BCUT2D eigenvalue weighted by molar-refractivity contribution is 5.92. The number of nitrogens with zero attached hydrogens (tertiary/aromatic N) is 4. The van der Waals surface area contributed by atoms with Crippen molar-refractivity contribution in [1.82, 2.24) is 15.2 Å². The Morgan fingerprint density at radius 3 is 2.38 bits per heavy atom. The maximum atomic E-state index is 13.6. The number of hydrogen-bond acceptors (Lipinski definition) is 6. The number of rotatable bonds is 8. The van der Waals surface area contributed by atoms with Crippen LogP contribution in [-0.4, -0.2) is 54.3 Å². The summed E-state index contributed by atoms with van der Waals surface area (Å²) in [6.07, 6.45) is 5.24. The topological polar surface area (TPSA) is 93.5 Å². The number of morpholine rings is 1. The Morgan fingerprint density at radius 1 is 0.974 bits per heavy atom. The summed E-state index contributed by atoms with van der Waals surface area (Å²) >= 11 is 0. The maximum absolute atomic E-state index is 13.6. The third kappa shape index (κ3) is 7.34. The first kappa shape index (κ1) is 26.7. The largest absolute Gasteiger partial charge is 0.379 e. The molecule has 8 heteroatoms. The molecule has 5 rings (SSSR count). The molecule has 0 radical (unpaired) electrons. The van der Waals surface area contributed by atoms with Crippen LogP contribution in [0, 0.1) is 11.3 Å². The molecule has 1 aliphatic carbocycles.